The number of H-pyrrole nitrogens is 1. The maximum absolute atomic E-state index is 5.68. The molecule has 0 amide bonds. The first-order valence-electron chi connectivity index (χ1n) is 13.8. The van der Waals surface area contributed by atoms with Crippen LogP contribution in [-0.4, -0.2) is 90.3 Å². The molecule has 0 atom stereocenters. The molecular weight excluding hydrogens is 452 g/mol. The Balaban J connectivity index is 1.10. The lowest BCUT2D eigenvalue weighted by Gasteiger charge is -2.34. The van der Waals surface area contributed by atoms with Crippen LogP contribution in [0.25, 0.3) is 22.2 Å². The molecule has 2 fully saturated rings. The van der Waals surface area contributed by atoms with Crippen LogP contribution in [0, 0.1) is 0 Å². The Bertz CT molecular complexity index is 1050. The largest absolute Gasteiger partial charge is 0.378 e. The fraction of sp³-hybridized carbons (Fsp3) is 0.607. The van der Waals surface area contributed by atoms with Gasteiger partial charge in [-0.2, -0.15) is 5.10 Å². The van der Waals surface area contributed by atoms with Gasteiger partial charge in [0, 0.05) is 69.0 Å². The summed E-state index contributed by atoms with van der Waals surface area (Å²) in [5.74, 6) is 0. The van der Waals surface area contributed by atoms with Crippen molar-refractivity contribution >= 4 is 11.0 Å². The number of rotatable bonds is 12. The van der Waals surface area contributed by atoms with Crippen LogP contribution in [0.3, 0.4) is 0 Å². The Morgan fingerprint density at radius 1 is 0.889 bits per heavy atom. The van der Waals surface area contributed by atoms with E-state index in [4.69, 9.17) is 15.2 Å². The summed E-state index contributed by atoms with van der Waals surface area (Å²) in [6, 6.07) is 9.76. The predicted molar refractivity (Wildman–Crippen MR) is 144 cm³/mol. The number of nitrogens with two attached hydrogens (primary N) is 1. The average Bonchev–Trinajstić information content (AvgIpc) is 3.54. The summed E-state index contributed by atoms with van der Waals surface area (Å²) < 4.78 is 13.5. The number of piperazine rings is 1. The Morgan fingerprint density at radius 3 is 2.36 bits per heavy atom. The molecule has 3 N–H and O–H groups in total. The second kappa shape index (κ2) is 12.8. The van der Waals surface area contributed by atoms with Gasteiger partial charge >= 0.3 is 0 Å². The smallest absolute Gasteiger partial charge is 0.136 e. The fourth-order valence-corrected chi connectivity index (χ4v) is 5.64. The van der Waals surface area contributed by atoms with Crippen molar-refractivity contribution in [2.75, 3.05) is 65.7 Å². The Morgan fingerprint density at radius 2 is 1.61 bits per heavy atom. The van der Waals surface area contributed by atoms with Crippen LogP contribution < -0.4 is 5.73 Å². The summed E-state index contributed by atoms with van der Waals surface area (Å²) >= 11 is 0. The van der Waals surface area contributed by atoms with E-state index in [1.807, 2.05) is 6.20 Å². The molecule has 0 unspecified atom stereocenters. The third-order valence-electron chi connectivity index (χ3n) is 7.73. The van der Waals surface area contributed by atoms with Gasteiger partial charge in [-0.25, -0.2) is 0 Å². The molecule has 1 saturated heterocycles. The first kappa shape index (κ1) is 25.4. The van der Waals surface area contributed by atoms with Crippen LogP contribution in [0.4, 0.5) is 0 Å². The third kappa shape index (κ3) is 6.36. The zero-order valence-corrected chi connectivity index (χ0v) is 21.5. The summed E-state index contributed by atoms with van der Waals surface area (Å²) in [7, 11) is 0. The summed E-state index contributed by atoms with van der Waals surface area (Å²) in [5.41, 5.74) is 10.5. The number of ether oxygens (including phenoxy) is 2. The first-order chi connectivity index (χ1) is 17.8. The normalized spacial score (nSPS) is 18.4. The Labute approximate surface area is 214 Å². The molecule has 8 nitrogen and oxygen atoms in total. The molecule has 2 aliphatic rings. The number of aromatic nitrogens is 3. The van der Waals surface area contributed by atoms with Crippen molar-refractivity contribution in [3.05, 3.63) is 42.2 Å². The number of hydrogen-bond donors (Lipinski definition) is 2. The quantitative estimate of drug-likeness (QED) is 0.374. The van der Waals surface area contributed by atoms with E-state index in [-0.39, 0.29) is 0 Å². The number of fused-ring (bicyclic) bond motifs is 1. The number of nitrogens with zero attached hydrogens (tertiary/aromatic N) is 4. The predicted octanol–water partition coefficient (Wildman–Crippen LogP) is 3.65. The molecule has 0 spiro atoms. The second-order valence-electron chi connectivity index (χ2n) is 10.2. The van der Waals surface area contributed by atoms with Crippen LogP contribution in [0.15, 0.2) is 36.7 Å². The van der Waals surface area contributed by atoms with Crippen LogP contribution in [0.5, 0.6) is 0 Å². The molecule has 8 heteroatoms. The molecule has 36 heavy (non-hydrogen) atoms. The van der Waals surface area contributed by atoms with Crippen molar-refractivity contribution in [2.45, 2.75) is 44.7 Å². The second-order valence-corrected chi connectivity index (χ2v) is 10.2. The average molecular weight is 495 g/mol. The minimum absolute atomic E-state index is 0.567. The van der Waals surface area contributed by atoms with Crippen molar-refractivity contribution in [3.63, 3.8) is 0 Å². The number of hydrogen-bond acceptors (Lipinski definition) is 6. The highest BCUT2D eigenvalue weighted by atomic mass is 16.5. The Hall–Kier alpha value is -2.23. The van der Waals surface area contributed by atoms with E-state index >= 15 is 0 Å². The molecule has 2 aromatic heterocycles. The van der Waals surface area contributed by atoms with Gasteiger partial charge < -0.3 is 19.8 Å². The molecule has 0 radical (unpaired) electrons. The lowest BCUT2D eigenvalue weighted by molar-refractivity contribution is 0.0332. The first-order valence-corrected chi connectivity index (χ1v) is 13.8. The number of nitrogens with one attached hydrogen (secondary N) is 1. The SMILES string of the molecule is NCCOCCOCCN1CCN(Cc2ccc(-c3cn(C4CCCCC4)c4[nH]ncc34)cc2)CC1. The van der Waals surface area contributed by atoms with E-state index < -0.39 is 0 Å². The van der Waals surface area contributed by atoms with Gasteiger partial charge in [-0.1, -0.05) is 43.5 Å². The molecule has 1 aliphatic carbocycles. The van der Waals surface area contributed by atoms with E-state index in [1.165, 1.54) is 59.8 Å². The van der Waals surface area contributed by atoms with Gasteiger partial charge in [0.2, 0.25) is 0 Å². The summed E-state index contributed by atoms with van der Waals surface area (Å²) in [6.07, 6.45) is 10.9. The van der Waals surface area contributed by atoms with Crippen LogP contribution >= 0.6 is 0 Å². The molecule has 3 aromatic rings. The van der Waals surface area contributed by atoms with Crippen molar-refractivity contribution in [3.8, 4) is 11.1 Å². The lowest BCUT2D eigenvalue weighted by atomic mass is 9.95. The van der Waals surface area contributed by atoms with E-state index in [9.17, 15) is 0 Å². The monoisotopic (exact) mass is 494 g/mol. The van der Waals surface area contributed by atoms with Gasteiger partial charge in [0.1, 0.15) is 5.65 Å². The van der Waals surface area contributed by atoms with Crippen LogP contribution in [-0.2, 0) is 16.0 Å². The van der Waals surface area contributed by atoms with Crippen molar-refractivity contribution < 1.29 is 9.47 Å². The van der Waals surface area contributed by atoms with Gasteiger partial charge in [0.25, 0.3) is 0 Å². The molecule has 3 heterocycles. The molecule has 1 aromatic carbocycles. The highest BCUT2D eigenvalue weighted by Gasteiger charge is 2.21. The van der Waals surface area contributed by atoms with Crippen LogP contribution in [0.2, 0.25) is 0 Å². The summed E-state index contributed by atoms with van der Waals surface area (Å²) in [5, 5.41) is 8.86. The molecule has 196 valence electrons. The van der Waals surface area contributed by atoms with E-state index in [1.54, 1.807) is 0 Å². The van der Waals surface area contributed by atoms with Gasteiger partial charge in [-0.15, -0.1) is 0 Å². The van der Waals surface area contributed by atoms with Crippen molar-refractivity contribution in [1.82, 2.24) is 24.6 Å². The fourth-order valence-electron chi connectivity index (χ4n) is 5.64. The summed E-state index contributed by atoms with van der Waals surface area (Å²) in [6.45, 7) is 9.60. The highest BCUT2D eigenvalue weighted by Crippen LogP contribution is 2.36. The molecule has 1 saturated carbocycles. The Kier molecular flexibility index (Phi) is 9.06. The van der Waals surface area contributed by atoms with E-state index in [2.05, 4.69) is 55.0 Å². The topological polar surface area (TPSA) is 84.6 Å². The van der Waals surface area contributed by atoms with Gasteiger partial charge in [0.05, 0.1) is 32.6 Å². The summed E-state index contributed by atoms with van der Waals surface area (Å²) in [4.78, 5) is 5.05. The maximum atomic E-state index is 5.68. The standard InChI is InChI=1S/C28H42N6O2/c29-10-16-35-18-19-36-17-15-32-11-13-33(14-12-32)21-23-6-8-24(9-7-23)27-22-34(25-4-2-1-3-5-25)28-26(27)20-30-31-28/h6-9,20,22,25H,1-5,10-19,21,29H2,(H,30,31). The molecule has 1 aliphatic heterocycles. The van der Waals surface area contributed by atoms with Crippen molar-refractivity contribution in [2.24, 2.45) is 5.73 Å². The maximum Gasteiger partial charge on any atom is 0.136 e. The highest BCUT2D eigenvalue weighted by molar-refractivity contribution is 5.93. The lowest BCUT2D eigenvalue weighted by Crippen LogP contribution is -2.46. The molecule has 5 rings (SSSR count). The minimum atomic E-state index is 0.567. The number of aromatic amines is 1. The van der Waals surface area contributed by atoms with Crippen molar-refractivity contribution in [1.29, 1.82) is 0 Å². The third-order valence-corrected chi connectivity index (χ3v) is 7.73. The zero-order chi connectivity index (χ0) is 24.6. The number of benzene rings is 1. The van der Waals surface area contributed by atoms with Crippen LogP contribution in [0.1, 0.15) is 43.7 Å². The van der Waals surface area contributed by atoms with E-state index in [0.717, 1.165) is 45.9 Å². The zero-order valence-electron chi connectivity index (χ0n) is 21.5. The minimum Gasteiger partial charge on any atom is -0.378 e. The molecular formula is C28H42N6O2. The van der Waals surface area contributed by atoms with Gasteiger partial charge in [-0.05, 0) is 24.0 Å². The van der Waals surface area contributed by atoms with Gasteiger partial charge in [-0.3, -0.25) is 14.9 Å². The molecule has 0 bridgehead atoms. The van der Waals surface area contributed by atoms with E-state index in [0.29, 0.717) is 32.4 Å². The van der Waals surface area contributed by atoms with Gasteiger partial charge in [0.15, 0.2) is 0 Å².